The van der Waals surface area contributed by atoms with Crippen molar-refractivity contribution < 1.29 is 28.8 Å². The zero-order chi connectivity index (χ0) is 27.9. The number of amides is 2. The van der Waals surface area contributed by atoms with E-state index in [1.807, 2.05) is 13.2 Å². The lowest BCUT2D eigenvalue weighted by Crippen LogP contribution is -2.33. The second kappa shape index (κ2) is 16.5. The van der Waals surface area contributed by atoms with E-state index < -0.39 is 5.91 Å². The SMILES string of the molecule is CCCCNC(=O)c1ccc(SC)c(N(OCCC(=O)CCC(=O)CCC(C)=O)C(=O)c2ccccc2)c1. The topological polar surface area (TPSA) is 110 Å². The maximum atomic E-state index is 13.5. The molecule has 2 rings (SSSR count). The molecule has 204 valence electrons. The second-order valence-corrected chi connectivity index (χ2v) is 9.67. The molecule has 2 aromatic rings. The molecule has 0 spiro atoms. The molecule has 2 amide bonds. The Labute approximate surface area is 228 Å². The molecule has 0 saturated carbocycles. The Bertz CT molecular complexity index is 1120. The number of Topliss-reactive ketones (excluding diaryl/α,β-unsaturated/α-hetero) is 3. The monoisotopic (exact) mass is 540 g/mol. The highest BCUT2D eigenvalue weighted by Crippen LogP contribution is 2.31. The smallest absolute Gasteiger partial charge is 0.282 e. The molecule has 0 saturated heterocycles. The molecule has 38 heavy (non-hydrogen) atoms. The molecule has 0 fully saturated rings. The van der Waals surface area contributed by atoms with Gasteiger partial charge in [0.2, 0.25) is 0 Å². The normalized spacial score (nSPS) is 10.6. The molecule has 0 aromatic heterocycles. The van der Waals surface area contributed by atoms with Gasteiger partial charge in [0.15, 0.2) is 0 Å². The van der Waals surface area contributed by atoms with Crippen molar-refractivity contribution in [2.45, 2.75) is 63.7 Å². The number of ketones is 3. The van der Waals surface area contributed by atoms with Gasteiger partial charge in [-0.2, -0.15) is 5.06 Å². The summed E-state index contributed by atoms with van der Waals surface area (Å²) in [5, 5.41) is 4.01. The summed E-state index contributed by atoms with van der Waals surface area (Å²) in [7, 11) is 0. The molecule has 8 nitrogen and oxygen atoms in total. The lowest BCUT2D eigenvalue weighted by molar-refractivity contribution is -0.126. The van der Waals surface area contributed by atoms with E-state index in [9.17, 15) is 24.0 Å². The summed E-state index contributed by atoms with van der Waals surface area (Å²) in [5.41, 5.74) is 1.18. The molecule has 2 aromatic carbocycles. The van der Waals surface area contributed by atoms with Crippen molar-refractivity contribution in [2.75, 3.05) is 24.5 Å². The number of rotatable bonds is 17. The second-order valence-electron chi connectivity index (χ2n) is 8.82. The third kappa shape index (κ3) is 10.2. The predicted molar refractivity (Wildman–Crippen MR) is 148 cm³/mol. The van der Waals surface area contributed by atoms with E-state index in [2.05, 4.69) is 5.32 Å². The average Bonchev–Trinajstić information content (AvgIpc) is 2.93. The molecule has 0 bridgehead atoms. The van der Waals surface area contributed by atoms with Gasteiger partial charge in [-0.05, 0) is 49.9 Å². The summed E-state index contributed by atoms with van der Waals surface area (Å²) in [5.74, 6) is -1.05. The molecule has 0 aliphatic rings. The van der Waals surface area contributed by atoms with E-state index in [0.717, 1.165) is 22.8 Å². The first-order chi connectivity index (χ1) is 18.3. The third-order valence-electron chi connectivity index (χ3n) is 5.72. The lowest BCUT2D eigenvalue weighted by Gasteiger charge is -2.24. The Morgan fingerprint density at radius 2 is 1.53 bits per heavy atom. The molecule has 0 radical (unpaired) electrons. The van der Waals surface area contributed by atoms with Crippen LogP contribution >= 0.6 is 11.8 Å². The van der Waals surface area contributed by atoms with Gasteiger partial charge in [0, 0.05) is 54.7 Å². The number of benzene rings is 2. The zero-order valence-electron chi connectivity index (χ0n) is 22.3. The number of thioether (sulfide) groups is 1. The van der Waals surface area contributed by atoms with Crippen LogP contribution in [0.3, 0.4) is 0 Å². The predicted octanol–water partition coefficient (Wildman–Crippen LogP) is 5.19. The standard InChI is InChI=1S/C29H36N2O6S/c1-4-5-18-30-28(35)23-12-16-27(38-3)26(20-23)31(29(36)22-9-7-6-8-10-22)37-19-17-25(34)15-14-24(33)13-11-21(2)32/h6-10,12,16,20H,4-5,11,13-15,17-19H2,1-3H3,(H,30,35). The van der Waals surface area contributed by atoms with Crippen LogP contribution < -0.4 is 10.4 Å². The fourth-order valence-electron chi connectivity index (χ4n) is 3.50. The number of nitrogens with zero attached hydrogens (tertiary/aromatic N) is 1. The van der Waals surface area contributed by atoms with E-state index in [-0.39, 0.29) is 62.0 Å². The molecule has 0 unspecified atom stereocenters. The summed E-state index contributed by atoms with van der Waals surface area (Å²) in [6.45, 7) is 3.94. The number of anilines is 1. The Hall–Kier alpha value is -3.30. The van der Waals surface area contributed by atoms with Gasteiger partial charge in [-0.1, -0.05) is 31.5 Å². The van der Waals surface area contributed by atoms with Crippen molar-refractivity contribution in [2.24, 2.45) is 0 Å². The van der Waals surface area contributed by atoms with Gasteiger partial charge in [0.25, 0.3) is 11.8 Å². The first-order valence-corrected chi connectivity index (χ1v) is 14.0. The van der Waals surface area contributed by atoms with Gasteiger partial charge in [0.05, 0.1) is 12.3 Å². The fraction of sp³-hybridized carbons (Fsp3) is 0.414. The molecule has 0 aliphatic heterocycles. The van der Waals surface area contributed by atoms with Crippen molar-refractivity contribution in [1.29, 1.82) is 0 Å². The third-order valence-corrected chi connectivity index (χ3v) is 6.51. The van der Waals surface area contributed by atoms with Crippen molar-refractivity contribution in [3.63, 3.8) is 0 Å². The number of hydroxylamine groups is 1. The number of carbonyl (C=O) groups is 5. The minimum absolute atomic E-state index is 0.00432. The van der Waals surface area contributed by atoms with Gasteiger partial charge in [-0.3, -0.25) is 24.0 Å². The number of unbranched alkanes of at least 4 members (excludes halogenated alkanes) is 1. The Morgan fingerprint density at radius 3 is 2.16 bits per heavy atom. The maximum absolute atomic E-state index is 13.5. The molecule has 9 heteroatoms. The van der Waals surface area contributed by atoms with E-state index in [0.29, 0.717) is 23.4 Å². The Kier molecular flexibility index (Phi) is 13.4. The minimum Gasteiger partial charge on any atom is -0.352 e. The van der Waals surface area contributed by atoms with Crippen LogP contribution in [0.25, 0.3) is 0 Å². The summed E-state index contributed by atoms with van der Waals surface area (Å²) in [4.78, 5) is 68.0. The van der Waals surface area contributed by atoms with E-state index in [1.54, 1.807) is 48.5 Å². The van der Waals surface area contributed by atoms with Crippen molar-refractivity contribution >= 4 is 46.6 Å². The van der Waals surface area contributed by atoms with Crippen LogP contribution in [0.1, 0.15) is 79.5 Å². The van der Waals surface area contributed by atoms with Crippen LogP contribution in [0.5, 0.6) is 0 Å². The summed E-state index contributed by atoms with van der Waals surface area (Å²) in [6, 6.07) is 13.7. The first-order valence-electron chi connectivity index (χ1n) is 12.8. The lowest BCUT2D eigenvalue weighted by atomic mass is 10.1. The maximum Gasteiger partial charge on any atom is 0.282 e. The summed E-state index contributed by atoms with van der Waals surface area (Å²) < 4.78 is 0. The quantitative estimate of drug-likeness (QED) is 0.167. The number of hydrogen-bond acceptors (Lipinski definition) is 7. The first kappa shape index (κ1) is 30.9. The van der Waals surface area contributed by atoms with Crippen LogP contribution in [0, 0.1) is 0 Å². The molecule has 1 N–H and O–H groups in total. The van der Waals surface area contributed by atoms with E-state index in [1.165, 1.54) is 18.7 Å². The van der Waals surface area contributed by atoms with E-state index >= 15 is 0 Å². The molecular formula is C29H36N2O6S. The number of hydrogen-bond donors (Lipinski definition) is 1. The van der Waals surface area contributed by atoms with Crippen LogP contribution in [0.2, 0.25) is 0 Å². The largest absolute Gasteiger partial charge is 0.352 e. The highest BCUT2D eigenvalue weighted by molar-refractivity contribution is 7.98. The molecule has 0 aliphatic carbocycles. The van der Waals surface area contributed by atoms with Gasteiger partial charge < -0.3 is 10.1 Å². The zero-order valence-corrected chi connectivity index (χ0v) is 23.1. The van der Waals surface area contributed by atoms with Gasteiger partial charge >= 0.3 is 0 Å². The summed E-state index contributed by atoms with van der Waals surface area (Å²) >= 11 is 1.40. The van der Waals surface area contributed by atoms with Crippen molar-refractivity contribution in [3.05, 3.63) is 59.7 Å². The molecule has 0 atom stereocenters. The summed E-state index contributed by atoms with van der Waals surface area (Å²) in [6.07, 6.45) is 4.12. The van der Waals surface area contributed by atoms with Crippen molar-refractivity contribution in [3.8, 4) is 0 Å². The van der Waals surface area contributed by atoms with Crippen LogP contribution in [0.4, 0.5) is 5.69 Å². The van der Waals surface area contributed by atoms with Crippen LogP contribution in [-0.4, -0.2) is 48.6 Å². The van der Waals surface area contributed by atoms with Gasteiger partial charge in [-0.15, -0.1) is 11.8 Å². The van der Waals surface area contributed by atoms with Crippen LogP contribution in [0.15, 0.2) is 53.4 Å². The van der Waals surface area contributed by atoms with Gasteiger partial charge in [-0.25, -0.2) is 0 Å². The fourth-order valence-corrected chi connectivity index (χ4v) is 4.06. The Balaban J connectivity index is 2.18. The minimum atomic E-state index is -0.434. The molecule has 0 heterocycles. The highest BCUT2D eigenvalue weighted by atomic mass is 32.2. The number of nitrogens with one attached hydrogen (secondary N) is 1. The highest BCUT2D eigenvalue weighted by Gasteiger charge is 2.23. The van der Waals surface area contributed by atoms with Crippen LogP contribution in [-0.2, 0) is 19.2 Å². The van der Waals surface area contributed by atoms with Gasteiger partial charge in [0.1, 0.15) is 17.3 Å². The number of carbonyl (C=O) groups excluding carboxylic acids is 5. The molecular weight excluding hydrogens is 504 g/mol. The Morgan fingerprint density at radius 1 is 0.868 bits per heavy atom. The van der Waals surface area contributed by atoms with E-state index in [4.69, 9.17) is 4.84 Å². The van der Waals surface area contributed by atoms with Crippen molar-refractivity contribution in [1.82, 2.24) is 5.32 Å². The average molecular weight is 541 g/mol.